The van der Waals surface area contributed by atoms with Gasteiger partial charge in [0.05, 0.1) is 19.2 Å². The summed E-state index contributed by atoms with van der Waals surface area (Å²) in [7, 11) is 1.66. The van der Waals surface area contributed by atoms with Crippen LogP contribution in [0.25, 0.3) is 0 Å². The Morgan fingerprint density at radius 2 is 2.24 bits per heavy atom. The third-order valence-corrected chi connectivity index (χ3v) is 3.56. The maximum atomic E-state index is 5.60. The van der Waals surface area contributed by atoms with Gasteiger partial charge in [-0.25, -0.2) is 4.99 Å². The molecule has 21 heavy (non-hydrogen) atoms. The second kappa shape index (κ2) is 7.95. The first-order chi connectivity index (χ1) is 10.2. The Morgan fingerprint density at radius 1 is 1.48 bits per heavy atom. The molecule has 1 aromatic rings. The first kappa shape index (κ1) is 15.7. The zero-order valence-electron chi connectivity index (χ0n) is 12.4. The summed E-state index contributed by atoms with van der Waals surface area (Å²) in [6, 6.07) is 10.7. The van der Waals surface area contributed by atoms with Crippen molar-refractivity contribution in [1.82, 2.24) is 10.2 Å². The van der Waals surface area contributed by atoms with E-state index in [9.17, 15) is 0 Å². The molecule has 1 fully saturated rings. The molecule has 5 nitrogen and oxygen atoms in total. The van der Waals surface area contributed by atoms with Crippen LogP contribution >= 0.6 is 12.2 Å². The lowest BCUT2D eigenvalue weighted by Gasteiger charge is -2.19. The maximum absolute atomic E-state index is 5.60. The Labute approximate surface area is 131 Å². The van der Waals surface area contributed by atoms with E-state index in [-0.39, 0.29) is 6.04 Å². The highest BCUT2D eigenvalue weighted by molar-refractivity contribution is 7.80. The number of nitrogens with zero attached hydrogens (tertiary/aromatic N) is 2. The maximum Gasteiger partial charge on any atom is 0.294 e. The van der Waals surface area contributed by atoms with Crippen LogP contribution < -0.4 is 5.32 Å². The SMILES string of the molecule is COCCNC(=S)N1CCOC1=N[C@@H](C)c1ccccc1. The second-order valence-corrected chi connectivity index (χ2v) is 5.11. The number of hydrogen-bond donors (Lipinski definition) is 1. The van der Waals surface area contributed by atoms with Crippen molar-refractivity contribution in [2.75, 3.05) is 33.4 Å². The highest BCUT2D eigenvalue weighted by atomic mass is 32.1. The third-order valence-electron chi connectivity index (χ3n) is 3.19. The quantitative estimate of drug-likeness (QED) is 0.665. The average Bonchev–Trinajstić information content (AvgIpc) is 2.96. The van der Waals surface area contributed by atoms with Crippen molar-refractivity contribution < 1.29 is 9.47 Å². The summed E-state index contributed by atoms with van der Waals surface area (Å²) < 4.78 is 10.6. The van der Waals surface area contributed by atoms with Gasteiger partial charge in [0.2, 0.25) is 0 Å². The molecule has 0 aromatic heterocycles. The van der Waals surface area contributed by atoms with E-state index in [2.05, 4.69) is 22.4 Å². The van der Waals surface area contributed by atoms with E-state index < -0.39 is 0 Å². The summed E-state index contributed by atoms with van der Waals surface area (Å²) >= 11 is 5.37. The largest absolute Gasteiger partial charge is 0.463 e. The molecular weight excluding hydrogens is 286 g/mol. The molecule has 0 amide bonds. The van der Waals surface area contributed by atoms with Crippen LogP contribution in [-0.4, -0.2) is 49.4 Å². The Morgan fingerprint density at radius 3 is 2.95 bits per heavy atom. The lowest BCUT2D eigenvalue weighted by atomic mass is 10.1. The zero-order valence-corrected chi connectivity index (χ0v) is 13.2. The predicted molar refractivity (Wildman–Crippen MR) is 87.4 cm³/mol. The predicted octanol–water partition coefficient (Wildman–Crippen LogP) is 1.96. The van der Waals surface area contributed by atoms with Gasteiger partial charge in [0.15, 0.2) is 5.11 Å². The Balaban J connectivity index is 2.00. The molecule has 1 atom stereocenters. The van der Waals surface area contributed by atoms with Crippen LogP contribution in [0.15, 0.2) is 35.3 Å². The number of hydrogen-bond acceptors (Lipinski definition) is 4. The van der Waals surface area contributed by atoms with E-state index in [1.807, 2.05) is 30.0 Å². The van der Waals surface area contributed by atoms with Crippen molar-refractivity contribution >= 4 is 23.4 Å². The normalized spacial score (nSPS) is 17.6. The van der Waals surface area contributed by atoms with Crippen LogP contribution in [-0.2, 0) is 9.47 Å². The van der Waals surface area contributed by atoms with E-state index in [4.69, 9.17) is 21.7 Å². The van der Waals surface area contributed by atoms with E-state index in [1.54, 1.807) is 7.11 Å². The van der Waals surface area contributed by atoms with Crippen molar-refractivity contribution in [3.8, 4) is 0 Å². The van der Waals surface area contributed by atoms with Gasteiger partial charge in [0, 0.05) is 13.7 Å². The fourth-order valence-corrected chi connectivity index (χ4v) is 2.30. The van der Waals surface area contributed by atoms with Gasteiger partial charge < -0.3 is 14.8 Å². The first-order valence-electron chi connectivity index (χ1n) is 7.02. The molecular formula is C15H21N3O2S. The van der Waals surface area contributed by atoms with Gasteiger partial charge >= 0.3 is 0 Å². The summed E-state index contributed by atoms with van der Waals surface area (Å²) in [6.07, 6.45) is 0. The monoisotopic (exact) mass is 307 g/mol. The molecule has 0 unspecified atom stereocenters. The third kappa shape index (κ3) is 4.41. The number of nitrogens with one attached hydrogen (secondary N) is 1. The van der Waals surface area contributed by atoms with Crippen LogP contribution in [0.2, 0.25) is 0 Å². The van der Waals surface area contributed by atoms with Crippen molar-refractivity contribution in [1.29, 1.82) is 0 Å². The van der Waals surface area contributed by atoms with E-state index in [0.29, 0.717) is 30.9 Å². The van der Waals surface area contributed by atoms with E-state index in [0.717, 1.165) is 12.1 Å². The molecule has 0 bridgehead atoms. The Hall–Kier alpha value is -1.66. The molecule has 0 aliphatic carbocycles. The minimum absolute atomic E-state index is 0.0311. The smallest absolute Gasteiger partial charge is 0.294 e. The Kier molecular flexibility index (Phi) is 5.95. The van der Waals surface area contributed by atoms with Gasteiger partial charge in [0.1, 0.15) is 6.61 Å². The minimum Gasteiger partial charge on any atom is -0.463 e. The van der Waals surface area contributed by atoms with Gasteiger partial charge in [0.25, 0.3) is 6.02 Å². The summed E-state index contributed by atoms with van der Waals surface area (Å²) in [6.45, 7) is 4.66. The van der Waals surface area contributed by atoms with Crippen molar-refractivity contribution in [3.63, 3.8) is 0 Å². The molecule has 0 spiro atoms. The molecule has 2 rings (SSSR count). The standard InChI is InChI=1S/C15H21N3O2S/c1-12(13-6-4-3-5-7-13)17-14-18(9-11-20-14)15(21)16-8-10-19-2/h3-7,12H,8-11H2,1-2H3,(H,16,21)/t12-/m0/s1. The number of amidine groups is 1. The summed E-state index contributed by atoms with van der Waals surface area (Å²) in [5.41, 5.74) is 1.15. The van der Waals surface area contributed by atoms with Gasteiger partial charge in [-0.3, -0.25) is 4.90 Å². The zero-order chi connectivity index (χ0) is 15.1. The molecule has 6 heteroatoms. The van der Waals surface area contributed by atoms with Crippen LogP contribution in [0.4, 0.5) is 0 Å². The fraction of sp³-hybridized carbons (Fsp3) is 0.467. The second-order valence-electron chi connectivity index (χ2n) is 4.72. The molecule has 1 N–H and O–H groups in total. The minimum atomic E-state index is 0.0311. The molecule has 0 radical (unpaired) electrons. The van der Waals surface area contributed by atoms with Crippen LogP contribution in [0.3, 0.4) is 0 Å². The van der Waals surface area contributed by atoms with Crippen LogP contribution in [0, 0.1) is 0 Å². The summed E-state index contributed by atoms with van der Waals surface area (Å²) in [5, 5.41) is 3.77. The van der Waals surface area contributed by atoms with Gasteiger partial charge in [-0.15, -0.1) is 0 Å². The van der Waals surface area contributed by atoms with Crippen molar-refractivity contribution in [3.05, 3.63) is 35.9 Å². The van der Waals surface area contributed by atoms with Crippen molar-refractivity contribution in [2.45, 2.75) is 13.0 Å². The number of thiocarbonyl (C=S) groups is 1. The van der Waals surface area contributed by atoms with Gasteiger partial charge in [-0.05, 0) is 24.7 Å². The number of aliphatic imine (C=N–C) groups is 1. The topological polar surface area (TPSA) is 46.1 Å². The van der Waals surface area contributed by atoms with Crippen LogP contribution in [0.1, 0.15) is 18.5 Å². The molecule has 1 aromatic carbocycles. The fourth-order valence-electron chi connectivity index (χ4n) is 2.02. The average molecular weight is 307 g/mol. The molecule has 1 aliphatic heterocycles. The van der Waals surface area contributed by atoms with E-state index in [1.165, 1.54) is 0 Å². The first-order valence-corrected chi connectivity index (χ1v) is 7.43. The molecule has 1 heterocycles. The number of benzene rings is 1. The summed E-state index contributed by atoms with van der Waals surface area (Å²) in [5.74, 6) is 0. The number of rotatable bonds is 5. The lowest BCUT2D eigenvalue weighted by Crippen LogP contribution is -2.42. The number of ether oxygens (including phenoxy) is 2. The van der Waals surface area contributed by atoms with Crippen molar-refractivity contribution in [2.24, 2.45) is 4.99 Å². The van der Waals surface area contributed by atoms with Gasteiger partial charge in [-0.2, -0.15) is 0 Å². The van der Waals surface area contributed by atoms with Gasteiger partial charge in [-0.1, -0.05) is 30.3 Å². The Bertz CT molecular complexity index is 493. The molecule has 0 saturated carbocycles. The number of methoxy groups -OCH3 is 1. The molecule has 114 valence electrons. The lowest BCUT2D eigenvalue weighted by molar-refractivity contribution is 0.203. The highest BCUT2D eigenvalue weighted by Crippen LogP contribution is 2.18. The van der Waals surface area contributed by atoms with Crippen LogP contribution in [0.5, 0.6) is 0 Å². The van der Waals surface area contributed by atoms with E-state index >= 15 is 0 Å². The highest BCUT2D eigenvalue weighted by Gasteiger charge is 2.24. The molecule has 1 saturated heterocycles. The summed E-state index contributed by atoms with van der Waals surface area (Å²) in [4.78, 5) is 6.53. The molecule has 1 aliphatic rings.